The van der Waals surface area contributed by atoms with E-state index in [1.807, 2.05) is 0 Å². The van der Waals surface area contributed by atoms with E-state index in [2.05, 4.69) is 0 Å². The summed E-state index contributed by atoms with van der Waals surface area (Å²) in [5.74, 6) is -1.75. The molecule has 114 valence electrons. The first-order chi connectivity index (χ1) is 9.35. The summed E-state index contributed by atoms with van der Waals surface area (Å²) >= 11 is 0. The topological polar surface area (TPSA) is 97.4 Å². The standard InChI is InChI=1S/C12H18O8/c1-6(13)18-9-5-17-12(16-4)11(20-8(3)15)10(9)19-7(2)14/h9-12H,5H2,1-4H3/t9-,10+,11+,12+/m1/s1. The van der Waals surface area contributed by atoms with Gasteiger partial charge in [0.1, 0.15) is 0 Å². The highest BCUT2D eigenvalue weighted by Crippen LogP contribution is 2.24. The Labute approximate surface area is 116 Å². The lowest BCUT2D eigenvalue weighted by atomic mass is 10.0. The Bertz CT molecular complexity index is 380. The zero-order valence-electron chi connectivity index (χ0n) is 11.8. The molecule has 1 saturated heterocycles. The van der Waals surface area contributed by atoms with Gasteiger partial charge < -0.3 is 23.7 Å². The van der Waals surface area contributed by atoms with Crippen molar-refractivity contribution in [1.29, 1.82) is 0 Å². The summed E-state index contributed by atoms with van der Waals surface area (Å²) in [7, 11) is 1.36. The third-order valence-electron chi connectivity index (χ3n) is 2.54. The molecule has 0 radical (unpaired) electrons. The molecule has 1 fully saturated rings. The molecule has 0 unspecified atom stereocenters. The van der Waals surface area contributed by atoms with Gasteiger partial charge in [0.15, 0.2) is 24.6 Å². The molecule has 0 saturated carbocycles. The molecule has 8 heteroatoms. The summed E-state index contributed by atoms with van der Waals surface area (Å²) in [5.41, 5.74) is 0. The molecule has 1 aliphatic rings. The summed E-state index contributed by atoms with van der Waals surface area (Å²) < 4.78 is 25.5. The van der Waals surface area contributed by atoms with E-state index in [0.717, 1.165) is 0 Å². The van der Waals surface area contributed by atoms with Gasteiger partial charge in [-0.05, 0) is 0 Å². The van der Waals surface area contributed by atoms with Crippen LogP contribution in [0.25, 0.3) is 0 Å². The van der Waals surface area contributed by atoms with Crippen molar-refractivity contribution < 1.29 is 38.1 Å². The number of hydrogen-bond donors (Lipinski definition) is 0. The van der Waals surface area contributed by atoms with Gasteiger partial charge in [0.2, 0.25) is 0 Å². The number of rotatable bonds is 4. The van der Waals surface area contributed by atoms with Crippen LogP contribution in [0.2, 0.25) is 0 Å². The number of carbonyl (C=O) groups excluding carboxylic acids is 3. The minimum atomic E-state index is -1.01. The lowest BCUT2D eigenvalue weighted by Gasteiger charge is -2.39. The predicted molar refractivity (Wildman–Crippen MR) is 63.4 cm³/mol. The zero-order valence-corrected chi connectivity index (χ0v) is 11.8. The van der Waals surface area contributed by atoms with Crippen LogP contribution in [0.3, 0.4) is 0 Å². The molecule has 8 nitrogen and oxygen atoms in total. The molecule has 1 rings (SSSR count). The fourth-order valence-corrected chi connectivity index (χ4v) is 1.91. The molecule has 0 aromatic rings. The molecule has 20 heavy (non-hydrogen) atoms. The van der Waals surface area contributed by atoms with Gasteiger partial charge in [0.25, 0.3) is 0 Å². The normalized spacial score (nSPS) is 29.4. The van der Waals surface area contributed by atoms with Crippen molar-refractivity contribution in [1.82, 2.24) is 0 Å². The second kappa shape index (κ2) is 7.20. The Morgan fingerprint density at radius 1 is 0.900 bits per heavy atom. The quantitative estimate of drug-likeness (QED) is 0.518. The molecule has 0 N–H and O–H groups in total. The van der Waals surface area contributed by atoms with Crippen molar-refractivity contribution in [2.75, 3.05) is 13.7 Å². The summed E-state index contributed by atoms with van der Waals surface area (Å²) in [4.78, 5) is 33.4. The van der Waals surface area contributed by atoms with Crippen LogP contribution < -0.4 is 0 Å². The third kappa shape index (κ3) is 4.46. The van der Waals surface area contributed by atoms with Crippen molar-refractivity contribution in [2.45, 2.75) is 45.4 Å². The van der Waals surface area contributed by atoms with Crippen LogP contribution in [0.4, 0.5) is 0 Å². The van der Waals surface area contributed by atoms with Gasteiger partial charge in [0.05, 0.1) is 6.61 Å². The minimum Gasteiger partial charge on any atom is -0.456 e. The molecule has 0 aliphatic carbocycles. The Morgan fingerprint density at radius 2 is 1.40 bits per heavy atom. The van der Waals surface area contributed by atoms with Crippen molar-refractivity contribution >= 4 is 17.9 Å². The minimum absolute atomic E-state index is 0.0339. The number of methoxy groups -OCH3 is 1. The van der Waals surface area contributed by atoms with E-state index in [-0.39, 0.29) is 6.61 Å². The van der Waals surface area contributed by atoms with Gasteiger partial charge >= 0.3 is 17.9 Å². The van der Waals surface area contributed by atoms with Crippen molar-refractivity contribution in [3.8, 4) is 0 Å². The largest absolute Gasteiger partial charge is 0.456 e. The maximum absolute atomic E-state index is 11.2. The molecule has 1 heterocycles. The Morgan fingerprint density at radius 3 is 1.85 bits per heavy atom. The van der Waals surface area contributed by atoms with Gasteiger partial charge in [-0.3, -0.25) is 14.4 Å². The molecule has 0 aromatic heterocycles. The number of esters is 3. The van der Waals surface area contributed by atoms with Gasteiger partial charge in [-0.1, -0.05) is 0 Å². The highest BCUT2D eigenvalue weighted by Gasteiger charge is 2.47. The molecule has 0 bridgehead atoms. The summed E-state index contributed by atoms with van der Waals surface area (Å²) in [6.45, 7) is 3.59. The first-order valence-electron chi connectivity index (χ1n) is 6.01. The Balaban J connectivity index is 2.95. The maximum atomic E-state index is 11.2. The highest BCUT2D eigenvalue weighted by atomic mass is 16.7. The van der Waals surface area contributed by atoms with Crippen LogP contribution in [0.15, 0.2) is 0 Å². The van der Waals surface area contributed by atoms with E-state index in [1.54, 1.807) is 0 Å². The molecule has 0 aromatic carbocycles. The maximum Gasteiger partial charge on any atom is 0.303 e. The van der Waals surface area contributed by atoms with Gasteiger partial charge in [-0.2, -0.15) is 0 Å². The van der Waals surface area contributed by atoms with E-state index in [9.17, 15) is 14.4 Å². The summed E-state index contributed by atoms with van der Waals surface area (Å²) in [6.07, 6.45) is -3.78. The predicted octanol–water partition coefficient (Wildman–Crippen LogP) is -0.216. The van der Waals surface area contributed by atoms with Crippen LogP contribution in [-0.2, 0) is 38.1 Å². The fourth-order valence-electron chi connectivity index (χ4n) is 1.91. The smallest absolute Gasteiger partial charge is 0.303 e. The molecule has 4 atom stereocenters. The van der Waals surface area contributed by atoms with Crippen LogP contribution in [0.1, 0.15) is 20.8 Å². The monoisotopic (exact) mass is 290 g/mol. The Kier molecular flexibility index (Phi) is 5.90. The van der Waals surface area contributed by atoms with Crippen LogP contribution in [-0.4, -0.2) is 56.2 Å². The molecule has 0 amide bonds. The van der Waals surface area contributed by atoms with Crippen molar-refractivity contribution in [2.24, 2.45) is 0 Å². The van der Waals surface area contributed by atoms with Crippen molar-refractivity contribution in [3.63, 3.8) is 0 Å². The van der Waals surface area contributed by atoms with Crippen molar-refractivity contribution in [3.05, 3.63) is 0 Å². The number of ether oxygens (including phenoxy) is 5. The van der Waals surface area contributed by atoms with Gasteiger partial charge in [-0.15, -0.1) is 0 Å². The average Bonchev–Trinajstić information content (AvgIpc) is 2.31. The molecular formula is C12H18O8. The lowest BCUT2D eigenvalue weighted by molar-refractivity contribution is -0.274. The van der Waals surface area contributed by atoms with E-state index in [4.69, 9.17) is 23.7 Å². The van der Waals surface area contributed by atoms with E-state index >= 15 is 0 Å². The highest BCUT2D eigenvalue weighted by molar-refractivity contribution is 5.68. The first-order valence-corrected chi connectivity index (χ1v) is 6.01. The summed E-state index contributed by atoms with van der Waals surface area (Å²) in [6, 6.07) is 0. The van der Waals surface area contributed by atoms with Crippen LogP contribution in [0, 0.1) is 0 Å². The fraction of sp³-hybridized carbons (Fsp3) is 0.750. The molecule has 0 spiro atoms. The third-order valence-corrected chi connectivity index (χ3v) is 2.54. The molecular weight excluding hydrogens is 272 g/mol. The second-order valence-corrected chi connectivity index (χ2v) is 4.23. The van der Waals surface area contributed by atoms with Gasteiger partial charge in [0, 0.05) is 27.9 Å². The second-order valence-electron chi connectivity index (χ2n) is 4.23. The lowest BCUT2D eigenvalue weighted by Crippen LogP contribution is -2.57. The first kappa shape index (κ1) is 16.4. The number of carbonyl (C=O) groups is 3. The summed E-state index contributed by atoms with van der Waals surface area (Å²) in [5, 5.41) is 0. The van der Waals surface area contributed by atoms with Gasteiger partial charge in [-0.25, -0.2) is 0 Å². The van der Waals surface area contributed by atoms with Crippen LogP contribution in [0.5, 0.6) is 0 Å². The van der Waals surface area contributed by atoms with E-state index in [0.29, 0.717) is 0 Å². The Hall–Kier alpha value is -1.67. The molecule has 1 aliphatic heterocycles. The number of hydrogen-bond acceptors (Lipinski definition) is 8. The van der Waals surface area contributed by atoms with E-state index < -0.39 is 42.5 Å². The average molecular weight is 290 g/mol. The SMILES string of the molecule is CO[C@H]1OC[C@@H](OC(C)=O)[C@H](OC(C)=O)[C@@H]1OC(C)=O. The van der Waals surface area contributed by atoms with E-state index in [1.165, 1.54) is 27.9 Å². The zero-order chi connectivity index (χ0) is 15.3. The van der Waals surface area contributed by atoms with Crippen LogP contribution >= 0.6 is 0 Å².